The Bertz CT molecular complexity index is 1140. The fourth-order valence-electron chi connectivity index (χ4n) is 4.75. The molecule has 1 aliphatic carbocycles. The molecular formula is C31H36N2O3. The van der Waals surface area contributed by atoms with E-state index < -0.39 is 6.04 Å². The van der Waals surface area contributed by atoms with Gasteiger partial charge in [-0.2, -0.15) is 0 Å². The lowest BCUT2D eigenvalue weighted by Crippen LogP contribution is -2.53. The average molecular weight is 485 g/mol. The number of nitrogens with zero attached hydrogens (tertiary/aromatic N) is 1. The highest BCUT2D eigenvalue weighted by atomic mass is 16.5. The van der Waals surface area contributed by atoms with Crippen LogP contribution in [-0.2, 0) is 22.6 Å². The van der Waals surface area contributed by atoms with Crippen LogP contribution in [0.3, 0.4) is 0 Å². The first-order chi connectivity index (χ1) is 17.5. The number of nitrogens with one attached hydrogen (secondary N) is 1. The number of aryl methyl sites for hydroxylation is 2. The summed E-state index contributed by atoms with van der Waals surface area (Å²) in [6.07, 6.45) is 4.69. The number of hydrogen-bond donors (Lipinski definition) is 1. The van der Waals surface area contributed by atoms with E-state index in [1.54, 1.807) is 4.90 Å². The standard InChI is InChI=1S/C31H36N2O3/c1-23-16-18-26(19-17-23)21-33(30(34)22-36-29-15-9-6-10-24(29)2)28(20-25-11-4-3-5-12-25)31(35)32-27-13-7-8-14-27/h3-6,9-12,15-19,27-28H,7-8,13-14,20-22H2,1-2H3,(H,32,35). The van der Waals surface area contributed by atoms with E-state index in [1.165, 1.54) is 0 Å². The van der Waals surface area contributed by atoms with E-state index in [2.05, 4.69) is 5.32 Å². The molecule has 0 aliphatic heterocycles. The van der Waals surface area contributed by atoms with Gasteiger partial charge in [0.05, 0.1) is 0 Å². The first kappa shape index (κ1) is 25.5. The number of carbonyl (C=O) groups excluding carboxylic acids is 2. The molecule has 1 unspecified atom stereocenters. The van der Waals surface area contributed by atoms with Crippen molar-refractivity contribution in [2.24, 2.45) is 0 Å². The zero-order valence-electron chi connectivity index (χ0n) is 21.3. The number of carbonyl (C=O) groups is 2. The van der Waals surface area contributed by atoms with Crippen LogP contribution in [0.5, 0.6) is 5.75 Å². The maximum atomic E-state index is 13.7. The van der Waals surface area contributed by atoms with Crippen molar-refractivity contribution in [1.82, 2.24) is 10.2 Å². The van der Waals surface area contributed by atoms with Crippen molar-refractivity contribution in [3.8, 4) is 5.75 Å². The number of hydrogen-bond acceptors (Lipinski definition) is 3. The van der Waals surface area contributed by atoms with Crippen molar-refractivity contribution in [2.75, 3.05) is 6.61 Å². The summed E-state index contributed by atoms with van der Waals surface area (Å²) in [6.45, 7) is 4.21. The fourth-order valence-corrected chi connectivity index (χ4v) is 4.75. The lowest BCUT2D eigenvalue weighted by Gasteiger charge is -2.32. The molecule has 36 heavy (non-hydrogen) atoms. The van der Waals surface area contributed by atoms with Gasteiger partial charge < -0.3 is 15.0 Å². The van der Waals surface area contributed by atoms with Gasteiger partial charge in [-0.1, -0.05) is 91.2 Å². The highest BCUT2D eigenvalue weighted by molar-refractivity contribution is 5.88. The molecule has 0 radical (unpaired) electrons. The third kappa shape index (κ3) is 6.97. The molecule has 1 atom stereocenters. The van der Waals surface area contributed by atoms with Crippen LogP contribution in [0, 0.1) is 13.8 Å². The summed E-state index contributed by atoms with van der Waals surface area (Å²) < 4.78 is 5.93. The number of amides is 2. The second-order valence-electron chi connectivity index (χ2n) is 9.76. The van der Waals surface area contributed by atoms with Crippen LogP contribution in [0.2, 0.25) is 0 Å². The summed E-state index contributed by atoms with van der Waals surface area (Å²) >= 11 is 0. The van der Waals surface area contributed by atoms with E-state index in [9.17, 15) is 9.59 Å². The Morgan fingerprint density at radius 2 is 1.56 bits per heavy atom. The molecule has 5 heteroatoms. The highest BCUT2D eigenvalue weighted by Crippen LogP contribution is 2.21. The molecule has 0 aromatic heterocycles. The van der Waals surface area contributed by atoms with Gasteiger partial charge in [0, 0.05) is 19.0 Å². The average Bonchev–Trinajstić information content (AvgIpc) is 3.40. The minimum absolute atomic E-state index is 0.0953. The van der Waals surface area contributed by atoms with Gasteiger partial charge in [0.25, 0.3) is 5.91 Å². The van der Waals surface area contributed by atoms with E-state index in [4.69, 9.17) is 4.74 Å². The Labute approximate surface area is 214 Å². The maximum absolute atomic E-state index is 13.7. The molecule has 1 saturated carbocycles. The fraction of sp³-hybridized carbons (Fsp3) is 0.355. The summed E-state index contributed by atoms with van der Waals surface area (Å²) in [7, 11) is 0. The maximum Gasteiger partial charge on any atom is 0.261 e. The molecule has 188 valence electrons. The number of benzene rings is 3. The quantitative estimate of drug-likeness (QED) is 0.420. The number of ether oxygens (including phenoxy) is 1. The van der Waals surface area contributed by atoms with Crippen molar-refractivity contribution in [2.45, 2.75) is 64.6 Å². The first-order valence-corrected chi connectivity index (χ1v) is 12.9. The molecule has 1 fully saturated rings. The molecule has 3 aromatic rings. The topological polar surface area (TPSA) is 58.6 Å². The summed E-state index contributed by atoms with van der Waals surface area (Å²) in [5.41, 5.74) is 4.12. The van der Waals surface area contributed by atoms with Crippen LogP contribution in [0.15, 0.2) is 78.9 Å². The molecule has 0 spiro atoms. The van der Waals surface area contributed by atoms with Crippen LogP contribution in [0.25, 0.3) is 0 Å². The van der Waals surface area contributed by atoms with Gasteiger partial charge in [-0.05, 0) is 49.4 Å². The minimum atomic E-state index is -0.637. The van der Waals surface area contributed by atoms with Crippen LogP contribution in [0.1, 0.15) is 47.9 Å². The summed E-state index contributed by atoms with van der Waals surface area (Å²) in [4.78, 5) is 29.1. The predicted molar refractivity (Wildman–Crippen MR) is 143 cm³/mol. The van der Waals surface area contributed by atoms with Gasteiger partial charge in [-0.25, -0.2) is 0 Å². The van der Waals surface area contributed by atoms with E-state index in [-0.39, 0.29) is 24.5 Å². The minimum Gasteiger partial charge on any atom is -0.484 e. The van der Waals surface area contributed by atoms with Crippen molar-refractivity contribution in [1.29, 1.82) is 0 Å². The van der Waals surface area contributed by atoms with Crippen LogP contribution in [-0.4, -0.2) is 35.4 Å². The van der Waals surface area contributed by atoms with Crippen LogP contribution >= 0.6 is 0 Å². The Balaban J connectivity index is 1.61. The molecule has 5 nitrogen and oxygen atoms in total. The largest absolute Gasteiger partial charge is 0.484 e. The normalized spacial score (nSPS) is 14.3. The predicted octanol–water partition coefficient (Wildman–Crippen LogP) is 5.38. The van der Waals surface area contributed by atoms with E-state index in [0.717, 1.165) is 47.9 Å². The lowest BCUT2D eigenvalue weighted by molar-refractivity contribution is -0.143. The monoisotopic (exact) mass is 484 g/mol. The van der Waals surface area contributed by atoms with Crippen molar-refractivity contribution in [3.63, 3.8) is 0 Å². The van der Waals surface area contributed by atoms with Gasteiger partial charge >= 0.3 is 0 Å². The SMILES string of the molecule is Cc1ccc(CN(C(=O)COc2ccccc2C)C(Cc2ccccc2)C(=O)NC2CCCC2)cc1. The van der Waals surface area contributed by atoms with Crippen LogP contribution in [0.4, 0.5) is 0 Å². The van der Waals surface area contributed by atoms with Crippen molar-refractivity contribution in [3.05, 3.63) is 101 Å². The smallest absolute Gasteiger partial charge is 0.261 e. The summed E-state index contributed by atoms with van der Waals surface area (Å²) in [6, 6.07) is 25.2. The molecule has 0 heterocycles. The van der Waals surface area contributed by atoms with Crippen molar-refractivity contribution < 1.29 is 14.3 Å². The third-order valence-electron chi connectivity index (χ3n) is 6.89. The van der Waals surface area contributed by atoms with Gasteiger partial charge in [0.1, 0.15) is 11.8 Å². The second-order valence-corrected chi connectivity index (χ2v) is 9.76. The van der Waals surface area contributed by atoms with E-state index >= 15 is 0 Å². The highest BCUT2D eigenvalue weighted by Gasteiger charge is 2.32. The Hall–Kier alpha value is -3.60. The van der Waals surface area contributed by atoms with Crippen LogP contribution < -0.4 is 10.1 Å². The van der Waals surface area contributed by atoms with Gasteiger partial charge in [-0.3, -0.25) is 9.59 Å². The third-order valence-corrected chi connectivity index (χ3v) is 6.89. The first-order valence-electron chi connectivity index (χ1n) is 12.9. The zero-order chi connectivity index (χ0) is 25.3. The summed E-state index contributed by atoms with van der Waals surface area (Å²) in [5.74, 6) is 0.375. The molecule has 3 aromatic carbocycles. The summed E-state index contributed by atoms with van der Waals surface area (Å²) in [5, 5.41) is 3.24. The molecule has 0 bridgehead atoms. The Morgan fingerprint density at radius 3 is 2.25 bits per heavy atom. The van der Waals surface area contributed by atoms with Gasteiger partial charge in [0.2, 0.25) is 5.91 Å². The second kappa shape index (κ2) is 12.4. The van der Waals surface area contributed by atoms with E-state index in [1.807, 2.05) is 92.7 Å². The van der Waals surface area contributed by atoms with Crippen molar-refractivity contribution >= 4 is 11.8 Å². The molecule has 4 rings (SSSR count). The molecule has 1 N–H and O–H groups in total. The number of para-hydroxylation sites is 1. The zero-order valence-corrected chi connectivity index (χ0v) is 21.3. The molecular weight excluding hydrogens is 448 g/mol. The number of rotatable bonds is 10. The Kier molecular flexibility index (Phi) is 8.77. The lowest BCUT2D eigenvalue weighted by atomic mass is 10.0. The van der Waals surface area contributed by atoms with Gasteiger partial charge in [-0.15, -0.1) is 0 Å². The van der Waals surface area contributed by atoms with Gasteiger partial charge in [0.15, 0.2) is 6.61 Å². The molecule has 0 saturated heterocycles. The Morgan fingerprint density at radius 1 is 0.889 bits per heavy atom. The molecule has 1 aliphatic rings. The molecule has 2 amide bonds. The van der Waals surface area contributed by atoms with E-state index in [0.29, 0.717) is 18.7 Å².